The summed E-state index contributed by atoms with van der Waals surface area (Å²) in [5.74, 6) is -0.114. The average molecular weight is 212 g/mol. The molecular weight excluding hydrogens is 198 g/mol. The molecule has 0 saturated heterocycles. The summed E-state index contributed by atoms with van der Waals surface area (Å²) in [5, 5.41) is 0. The third-order valence-electron chi connectivity index (χ3n) is 2.73. The van der Waals surface area contributed by atoms with Crippen LogP contribution in [0.25, 0.3) is 11.1 Å². The molecule has 0 aromatic heterocycles. The van der Waals surface area contributed by atoms with Gasteiger partial charge >= 0.3 is 0 Å². The van der Waals surface area contributed by atoms with Crippen molar-refractivity contribution in [3.05, 3.63) is 54.3 Å². The van der Waals surface area contributed by atoms with Crippen LogP contribution in [-0.2, 0) is 0 Å². The zero-order chi connectivity index (χ0) is 11.5. The van der Waals surface area contributed by atoms with Crippen LogP contribution in [0.2, 0.25) is 13.6 Å². The van der Waals surface area contributed by atoms with Crippen LogP contribution in [-0.4, -0.2) is 6.71 Å². The molecule has 0 aliphatic heterocycles. The Morgan fingerprint density at radius 1 is 0.875 bits per heavy atom. The minimum atomic E-state index is -0.114. The Balaban J connectivity index is 2.43. The minimum absolute atomic E-state index is 0.114. The Kier molecular flexibility index (Phi) is 3.09. The standard InChI is InChI=1S/C14H14BF/c1-15(2)13-9-8-12(10-14(13)16)11-6-4-3-5-7-11/h3-10H,1-2H3. The zero-order valence-electron chi connectivity index (χ0n) is 9.57. The number of rotatable bonds is 2. The van der Waals surface area contributed by atoms with Gasteiger partial charge in [-0.25, -0.2) is 4.39 Å². The largest absolute Gasteiger partial charge is 0.208 e. The van der Waals surface area contributed by atoms with E-state index in [1.165, 1.54) is 0 Å². The van der Waals surface area contributed by atoms with Crippen LogP contribution < -0.4 is 5.46 Å². The fraction of sp³-hybridized carbons (Fsp3) is 0.143. The van der Waals surface area contributed by atoms with Gasteiger partial charge in [0.25, 0.3) is 0 Å². The fourth-order valence-electron chi connectivity index (χ4n) is 1.81. The summed E-state index contributed by atoms with van der Waals surface area (Å²) in [5.41, 5.74) is 2.76. The third kappa shape index (κ3) is 2.16. The Hall–Kier alpha value is -1.57. The fourth-order valence-corrected chi connectivity index (χ4v) is 1.81. The van der Waals surface area contributed by atoms with Gasteiger partial charge in [0.05, 0.1) is 0 Å². The molecule has 0 N–H and O–H groups in total. The number of hydrogen-bond donors (Lipinski definition) is 0. The second-order valence-electron chi connectivity index (χ2n) is 4.26. The molecule has 0 atom stereocenters. The van der Waals surface area contributed by atoms with E-state index in [1.54, 1.807) is 6.07 Å². The third-order valence-corrected chi connectivity index (χ3v) is 2.73. The summed E-state index contributed by atoms with van der Waals surface area (Å²) in [6.07, 6.45) is 0. The molecule has 2 heteroatoms. The van der Waals surface area contributed by atoms with Gasteiger partial charge in [0.15, 0.2) is 6.71 Å². The highest BCUT2D eigenvalue weighted by Crippen LogP contribution is 2.18. The van der Waals surface area contributed by atoms with Gasteiger partial charge in [0.2, 0.25) is 0 Å². The Morgan fingerprint density at radius 3 is 2.12 bits per heavy atom. The topological polar surface area (TPSA) is 0 Å². The average Bonchev–Trinajstić information content (AvgIpc) is 2.29. The van der Waals surface area contributed by atoms with Crippen molar-refractivity contribution in [2.75, 3.05) is 0 Å². The van der Waals surface area contributed by atoms with Crippen LogP contribution >= 0.6 is 0 Å². The predicted molar refractivity (Wildman–Crippen MR) is 69.0 cm³/mol. The predicted octanol–water partition coefficient (Wildman–Crippen LogP) is 3.45. The lowest BCUT2D eigenvalue weighted by Gasteiger charge is -2.07. The summed E-state index contributed by atoms with van der Waals surface area (Å²) < 4.78 is 13.8. The van der Waals surface area contributed by atoms with Crippen molar-refractivity contribution in [3.8, 4) is 11.1 Å². The zero-order valence-corrected chi connectivity index (χ0v) is 9.57. The quantitative estimate of drug-likeness (QED) is 0.668. The molecule has 0 unspecified atom stereocenters. The first-order valence-electron chi connectivity index (χ1n) is 5.53. The van der Waals surface area contributed by atoms with Gasteiger partial charge in [-0.05, 0) is 22.7 Å². The van der Waals surface area contributed by atoms with Gasteiger partial charge in [-0.2, -0.15) is 0 Å². The monoisotopic (exact) mass is 212 g/mol. The molecule has 2 rings (SSSR count). The molecule has 0 nitrogen and oxygen atoms in total. The number of benzene rings is 2. The van der Waals surface area contributed by atoms with Gasteiger partial charge in [-0.3, -0.25) is 0 Å². The maximum Gasteiger partial charge on any atom is 0.173 e. The van der Waals surface area contributed by atoms with Crippen LogP contribution in [0, 0.1) is 5.82 Å². The van der Waals surface area contributed by atoms with E-state index in [0.717, 1.165) is 16.6 Å². The lowest BCUT2D eigenvalue weighted by Crippen LogP contribution is -2.25. The lowest BCUT2D eigenvalue weighted by atomic mass is 9.49. The maximum atomic E-state index is 13.8. The van der Waals surface area contributed by atoms with Crippen LogP contribution in [0.5, 0.6) is 0 Å². The summed E-state index contributed by atoms with van der Waals surface area (Å²) in [4.78, 5) is 0. The van der Waals surface area contributed by atoms with Crippen LogP contribution in [0.4, 0.5) is 4.39 Å². The van der Waals surface area contributed by atoms with E-state index < -0.39 is 0 Å². The Bertz CT molecular complexity index is 477. The van der Waals surface area contributed by atoms with Gasteiger partial charge < -0.3 is 0 Å². The summed E-state index contributed by atoms with van der Waals surface area (Å²) in [6, 6.07) is 15.3. The first-order valence-corrected chi connectivity index (χ1v) is 5.53. The molecule has 0 heterocycles. The van der Waals surface area contributed by atoms with Gasteiger partial charge in [-0.15, -0.1) is 0 Å². The second-order valence-corrected chi connectivity index (χ2v) is 4.26. The normalized spacial score (nSPS) is 10.2. The van der Waals surface area contributed by atoms with Crippen molar-refractivity contribution >= 4 is 12.2 Å². The van der Waals surface area contributed by atoms with E-state index in [4.69, 9.17) is 0 Å². The highest BCUT2D eigenvalue weighted by atomic mass is 19.1. The summed E-state index contributed by atoms with van der Waals surface area (Å²) in [7, 11) is 0. The van der Waals surface area contributed by atoms with Crippen molar-refractivity contribution in [2.24, 2.45) is 0 Å². The van der Waals surface area contributed by atoms with Crippen LogP contribution in [0.15, 0.2) is 48.5 Å². The Labute approximate surface area is 96.2 Å². The highest BCUT2D eigenvalue weighted by molar-refractivity contribution is 6.70. The van der Waals surface area contributed by atoms with Crippen LogP contribution in [0.3, 0.4) is 0 Å². The van der Waals surface area contributed by atoms with E-state index in [1.807, 2.05) is 56.1 Å². The van der Waals surface area contributed by atoms with Crippen molar-refractivity contribution in [2.45, 2.75) is 13.6 Å². The summed E-state index contributed by atoms with van der Waals surface area (Å²) >= 11 is 0. The molecule has 2 aromatic rings. The van der Waals surface area contributed by atoms with E-state index in [-0.39, 0.29) is 12.5 Å². The molecule has 0 amide bonds. The van der Waals surface area contributed by atoms with E-state index in [9.17, 15) is 4.39 Å². The van der Waals surface area contributed by atoms with Crippen LogP contribution in [0.1, 0.15) is 0 Å². The molecule has 0 spiro atoms. The molecule has 0 fully saturated rings. The summed E-state index contributed by atoms with van der Waals surface area (Å²) in [6.45, 7) is 4.23. The molecule has 0 bridgehead atoms. The van der Waals surface area contributed by atoms with Crippen molar-refractivity contribution in [3.63, 3.8) is 0 Å². The molecule has 0 radical (unpaired) electrons. The lowest BCUT2D eigenvalue weighted by molar-refractivity contribution is 0.636. The van der Waals surface area contributed by atoms with E-state index >= 15 is 0 Å². The molecular formula is C14H14BF. The van der Waals surface area contributed by atoms with Gasteiger partial charge in [0.1, 0.15) is 5.82 Å². The molecule has 0 aliphatic rings. The molecule has 80 valence electrons. The van der Waals surface area contributed by atoms with Crippen molar-refractivity contribution in [1.29, 1.82) is 0 Å². The van der Waals surface area contributed by atoms with Crippen molar-refractivity contribution < 1.29 is 4.39 Å². The SMILES string of the molecule is CB(C)c1ccc(-c2ccccc2)cc1F. The minimum Gasteiger partial charge on any atom is -0.208 e. The van der Waals surface area contributed by atoms with Crippen molar-refractivity contribution in [1.82, 2.24) is 0 Å². The molecule has 0 saturated carbocycles. The van der Waals surface area contributed by atoms with E-state index in [2.05, 4.69) is 0 Å². The molecule has 16 heavy (non-hydrogen) atoms. The molecule has 0 aliphatic carbocycles. The second kappa shape index (κ2) is 4.52. The molecule has 2 aromatic carbocycles. The van der Waals surface area contributed by atoms with Gasteiger partial charge in [-0.1, -0.05) is 56.1 Å². The van der Waals surface area contributed by atoms with E-state index in [0.29, 0.717) is 0 Å². The number of halogens is 1. The first-order chi connectivity index (χ1) is 7.68. The first kappa shape index (κ1) is 10.9. The smallest absolute Gasteiger partial charge is 0.173 e. The Morgan fingerprint density at radius 2 is 1.56 bits per heavy atom. The van der Waals surface area contributed by atoms with Gasteiger partial charge in [0, 0.05) is 0 Å². The number of hydrogen-bond acceptors (Lipinski definition) is 0. The maximum absolute atomic E-state index is 13.8. The highest BCUT2D eigenvalue weighted by Gasteiger charge is 2.09.